The zero-order chi connectivity index (χ0) is 14.5. The van der Waals surface area contributed by atoms with Crippen LogP contribution in [0.15, 0.2) is 12.1 Å². The van der Waals surface area contributed by atoms with Gasteiger partial charge in [-0.05, 0) is 55.5 Å². The van der Waals surface area contributed by atoms with Gasteiger partial charge in [0.05, 0.1) is 26.9 Å². The minimum atomic E-state index is 0.840. The second kappa shape index (κ2) is 7.14. The molecule has 21 heavy (non-hydrogen) atoms. The first-order chi connectivity index (χ1) is 10.4. The van der Waals surface area contributed by atoms with Crippen molar-refractivity contribution in [2.45, 2.75) is 25.7 Å². The van der Waals surface area contributed by atoms with Crippen LogP contribution in [0.2, 0.25) is 0 Å². The topological polar surface area (TPSA) is 30.9 Å². The van der Waals surface area contributed by atoms with Crippen LogP contribution in [0.5, 0.6) is 11.5 Å². The zero-order valence-corrected chi connectivity index (χ0v) is 12.9. The standard InChI is InChI=1S/C17H25NO3/c1-19-16-12-15-5-3-9-21-17(15)13-14(16)4-2-6-18-7-10-20-11-8-18/h12-13H,2-11H2,1H3. The van der Waals surface area contributed by atoms with Crippen molar-refractivity contribution >= 4 is 0 Å². The Morgan fingerprint density at radius 3 is 2.86 bits per heavy atom. The van der Waals surface area contributed by atoms with Crippen molar-refractivity contribution in [3.05, 3.63) is 23.3 Å². The lowest BCUT2D eigenvalue weighted by molar-refractivity contribution is 0.0374. The van der Waals surface area contributed by atoms with Crippen LogP contribution in [-0.4, -0.2) is 51.5 Å². The number of benzene rings is 1. The molecule has 0 N–H and O–H groups in total. The summed E-state index contributed by atoms with van der Waals surface area (Å²) in [6.45, 7) is 5.83. The Hall–Kier alpha value is -1.26. The third-order valence-corrected chi connectivity index (χ3v) is 4.34. The van der Waals surface area contributed by atoms with Crippen LogP contribution in [0, 0.1) is 0 Å². The lowest BCUT2D eigenvalue weighted by Crippen LogP contribution is -2.36. The Balaban J connectivity index is 1.61. The monoisotopic (exact) mass is 291 g/mol. The van der Waals surface area contributed by atoms with Crippen LogP contribution in [0.1, 0.15) is 24.0 Å². The van der Waals surface area contributed by atoms with Crippen molar-refractivity contribution < 1.29 is 14.2 Å². The van der Waals surface area contributed by atoms with E-state index in [4.69, 9.17) is 14.2 Å². The molecule has 4 heteroatoms. The Bertz CT molecular complexity index is 469. The first kappa shape index (κ1) is 14.7. The predicted octanol–water partition coefficient (Wildman–Crippen LogP) is 2.29. The van der Waals surface area contributed by atoms with E-state index in [0.717, 1.165) is 76.6 Å². The third kappa shape index (κ3) is 3.69. The van der Waals surface area contributed by atoms with Gasteiger partial charge in [0.25, 0.3) is 0 Å². The fourth-order valence-corrected chi connectivity index (χ4v) is 3.12. The van der Waals surface area contributed by atoms with Gasteiger partial charge in [0.1, 0.15) is 11.5 Å². The van der Waals surface area contributed by atoms with Crippen molar-refractivity contribution in [1.29, 1.82) is 0 Å². The summed E-state index contributed by atoms with van der Waals surface area (Å²) >= 11 is 0. The maximum atomic E-state index is 5.78. The molecule has 0 unspecified atom stereocenters. The molecule has 116 valence electrons. The van der Waals surface area contributed by atoms with E-state index in [1.165, 1.54) is 11.1 Å². The predicted molar refractivity (Wildman–Crippen MR) is 82.4 cm³/mol. The smallest absolute Gasteiger partial charge is 0.123 e. The Labute approximate surface area is 127 Å². The molecule has 0 spiro atoms. The molecule has 1 saturated heterocycles. The maximum Gasteiger partial charge on any atom is 0.123 e. The minimum Gasteiger partial charge on any atom is -0.496 e. The molecule has 1 fully saturated rings. The molecule has 0 amide bonds. The van der Waals surface area contributed by atoms with Gasteiger partial charge < -0.3 is 14.2 Å². The highest BCUT2D eigenvalue weighted by Crippen LogP contribution is 2.32. The molecule has 4 nitrogen and oxygen atoms in total. The summed E-state index contributed by atoms with van der Waals surface area (Å²) in [5.74, 6) is 2.07. The lowest BCUT2D eigenvalue weighted by Gasteiger charge is -2.26. The van der Waals surface area contributed by atoms with Crippen molar-refractivity contribution in [2.24, 2.45) is 0 Å². The maximum absolute atomic E-state index is 5.78. The molecular weight excluding hydrogens is 266 g/mol. The van der Waals surface area contributed by atoms with Crippen LogP contribution in [-0.2, 0) is 17.6 Å². The second-order valence-electron chi connectivity index (χ2n) is 5.78. The number of hydrogen-bond acceptors (Lipinski definition) is 4. The van der Waals surface area contributed by atoms with E-state index in [9.17, 15) is 0 Å². The SMILES string of the molecule is COc1cc2c(cc1CCCN1CCOCC1)OCCC2. The minimum absolute atomic E-state index is 0.840. The summed E-state index contributed by atoms with van der Waals surface area (Å²) in [6, 6.07) is 4.35. The van der Waals surface area contributed by atoms with Gasteiger partial charge in [-0.3, -0.25) is 4.90 Å². The number of rotatable bonds is 5. The molecule has 0 bridgehead atoms. The van der Waals surface area contributed by atoms with Crippen LogP contribution >= 0.6 is 0 Å². The molecule has 0 aliphatic carbocycles. The fourth-order valence-electron chi connectivity index (χ4n) is 3.12. The number of nitrogens with zero attached hydrogens (tertiary/aromatic N) is 1. The van der Waals surface area contributed by atoms with E-state index in [0.29, 0.717) is 0 Å². The van der Waals surface area contributed by atoms with Gasteiger partial charge in [-0.25, -0.2) is 0 Å². The van der Waals surface area contributed by atoms with Crippen LogP contribution < -0.4 is 9.47 Å². The van der Waals surface area contributed by atoms with Crippen LogP contribution in [0.25, 0.3) is 0 Å². The summed E-state index contributed by atoms with van der Waals surface area (Å²) in [4.78, 5) is 2.48. The number of fused-ring (bicyclic) bond motifs is 1. The average molecular weight is 291 g/mol. The highest BCUT2D eigenvalue weighted by atomic mass is 16.5. The molecule has 3 rings (SSSR count). The molecular formula is C17H25NO3. The van der Waals surface area contributed by atoms with Crippen molar-refractivity contribution in [3.8, 4) is 11.5 Å². The molecule has 0 radical (unpaired) electrons. The van der Waals surface area contributed by atoms with Gasteiger partial charge in [0, 0.05) is 13.1 Å². The lowest BCUT2D eigenvalue weighted by atomic mass is 10.0. The van der Waals surface area contributed by atoms with Crippen LogP contribution in [0.3, 0.4) is 0 Å². The quantitative estimate of drug-likeness (QED) is 0.833. The zero-order valence-electron chi connectivity index (χ0n) is 12.9. The highest BCUT2D eigenvalue weighted by Gasteiger charge is 2.16. The van der Waals surface area contributed by atoms with Crippen molar-refractivity contribution in [2.75, 3.05) is 46.6 Å². The van der Waals surface area contributed by atoms with Gasteiger partial charge in [-0.15, -0.1) is 0 Å². The molecule has 1 aromatic rings. The summed E-state index contributed by atoms with van der Waals surface area (Å²) in [5.41, 5.74) is 2.56. The molecule has 1 aromatic carbocycles. The number of morpholine rings is 1. The second-order valence-corrected chi connectivity index (χ2v) is 5.78. The van der Waals surface area contributed by atoms with E-state index in [2.05, 4.69) is 17.0 Å². The van der Waals surface area contributed by atoms with Gasteiger partial charge >= 0.3 is 0 Å². The van der Waals surface area contributed by atoms with Gasteiger partial charge in [-0.2, -0.15) is 0 Å². The first-order valence-electron chi connectivity index (χ1n) is 7.99. The number of hydrogen-bond donors (Lipinski definition) is 0. The molecule has 2 aliphatic heterocycles. The number of aryl methyl sites for hydroxylation is 2. The van der Waals surface area contributed by atoms with E-state index in [1.54, 1.807) is 7.11 Å². The van der Waals surface area contributed by atoms with E-state index < -0.39 is 0 Å². The number of methoxy groups -OCH3 is 1. The third-order valence-electron chi connectivity index (χ3n) is 4.34. The Morgan fingerprint density at radius 2 is 2.05 bits per heavy atom. The molecule has 0 atom stereocenters. The first-order valence-corrected chi connectivity index (χ1v) is 7.99. The van der Waals surface area contributed by atoms with Crippen LogP contribution in [0.4, 0.5) is 0 Å². The molecule has 2 aliphatic rings. The molecule has 2 heterocycles. The fraction of sp³-hybridized carbons (Fsp3) is 0.647. The molecule has 0 saturated carbocycles. The largest absolute Gasteiger partial charge is 0.496 e. The Morgan fingerprint density at radius 1 is 1.19 bits per heavy atom. The van der Waals surface area contributed by atoms with Gasteiger partial charge in [0.2, 0.25) is 0 Å². The van der Waals surface area contributed by atoms with Crippen molar-refractivity contribution in [1.82, 2.24) is 4.90 Å². The number of ether oxygens (including phenoxy) is 3. The van der Waals surface area contributed by atoms with E-state index in [-0.39, 0.29) is 0 Å². The summed E-state index contributed by atoms with van der Waals surface area (Å²) in [6.07, 6.45) is 4.39. The van der Waals surface area contributed by atoms with Crippen molar-refractivity contribution in [3.63, 3.8) is 0 Å². The average Bonchev–Trinajstić information content (AvgIpc) is 2.55. The highest BCUT2D eigenvalue weighted by molar-refractivity contribution is 5.47. The van der Waals surface area contributed by atoms with E-state index in [1.807, 2.05) is 0 Å². The summed E-state index contributed by atoms with van der Waals surface area (Å²) in [5, 5.41) is 0. The van der Waals surface area contributed by atoms with Gasteiger partial charge in [-0.1, -0.05) is 0 Å². The molecule has 0 aromatic heterocycles. The van der Waals surface area contributed by atoms with Gasteiger partial charge in [0.15, 0.2) is 0 Å². The summed E-state index contributed by atoms with van der Waals surface area (Å²) < 4.78 is 16.7. The van der Waals surface area contributed by atoms with E-state index >= 15 is 0 Å². The summed E-state index contributed by atoms with van der Waals surface area (Å²) in [7, 11) is 1.76. The Kier molecular flexibility index (Phi) is 4.99. The normalized spacial score (nSPS) is 18.9.